The Balaban J connectivity index is 1.77. The van der Waals surface area contributed by atoms with Crippen LogP contribution in [0.2, 0.25) is 0 Å². The highest BCUT2D eigenvalue weighted by Gasteiger charge is 2.41. The highest BCUT2D eigenvalue weighted by molar-refractivity contribution is 6.33. The van der Waals surface area contributed by atoms with Crippen molar-refractivity contribution >= 4 is 29.1 Å². The molecule has 0 spiro atoms. The Morgan fingerprint density at radius 2 is 1.51 bits per heavy atom. The molecule has 4 N–H and O–H groups in total. The fourth-order valence-corrected chi connectivity index (χ4v) is 3.97. The summed E-state index contributed by atoms with van der Waals surface area (Å²) in [5.74, 6) is -1.89. The third-order valence-electron chi connectivity index (χ3n) is 5.79. The van der Waals surface area contributed by atoms with Gasteiger partial charge in [0.15, 0.2) is 5.75 Å². The summed E-state index contributed by atoms with van der Waals surface area (Å²) in [6.07, 6.45) is 0.658. The molecule has 0 unspecified atom stereocenters. The Hall–Kier alpha value is -4.59. The molecule has 3 aromatic carbocycles. The van der Waals surface area contributed by atoms with Gasteiger partial charge in [0.2, 0.25) is 0 Å². The second-order valence-corrected chi connectivity index (χ2v) is 7.95. The Morgan fingerprint density at radius 3 is 2.14 bits per heavy atom. The number of phenols is 1. The molecule has 4 rings (SSSR count). The quantitative estimate of drug-likeness (QED) is 0.295. The molecule has 35 heavy (non-hydrogen) atoms. The number of amides is 3. The number of para-hydroxylation sites is 2. The van der Waals surface area contributed by atoms with Gasteiger partial charge in [0.05, 0.1) is 23.0 Å². The van der Waals surface area contributed by atoms with Gasteiger partial charge in [0.1, 0.15) is 11.4 Å². The molecule has 178 valence electrons. The van der Waals surface area contributed by atoms with E-state index in [2.05, 4.69) is 16.0 Å². The van der Waals surface area contributed by atoms with Crippen LogP contribution in [0, 0.1) is 0 Å². The van der Waals surface area contributed by atoms with E-state index in [9.17, 15) is 19.5 Å². The van der Waals surface area contributed by atoms with E-state index in [0.29, 0.717) is 12.1 Å². The van der Waals surface area contributed by atoms with Gasteiger partial charge in [-0.05, 0) is 36.2 Å². The Labute approximate surface area is 203 Å². The summed E-state index contributed by atoms with van der Waals surface area (Å²) in [7, 11) is 1.46. The standard InChI is InChI=1S/C27H26N4O4/c1-3-20(17-11-6-4-7-12-17)29-22-23(27(35)31(26(22)34)18-13-8-5-9-14-18)30-21-16-10-15-19(24(21)32)25(33)28-2/h4-16,20,29-30,32H,3H2,1-2H3,(H,28,33)/t20-/m1/s1. The molecule has 0 saturated heterocycles. The zero-order valence-corrected chi connectivity index (χ0v) is 19.4. The third kappa shape index (κ3) is 4.59. The van der Waals surface area contributed by atoms with Crippen molar-refractivity contribution in [1.29, 1.82) is 0 Å². The minimum atomic E-state index is -0.573. The summed E-state index contributed by atoms with van der Waals surface area (Å²) in [4.78, 5) is 40.2. The van der Waals surface area contributed by atoms with Crippen molar-refractivity contribution in [3.8, 4) is 5.75 Å². The van der Waals surface area contributed by atoms with Gasteiger partial charge in [-0.1, -0.05) is 61.5 Å². The van der Waals surface area contributed by atoms with Crippen molar-refractivity contribution in [3.63, 3.8) is 0 Å². The number of benzene rings is 3. The number of anilines is 2. The highest BCUT2D eigenvalue weighted by atomic mass is 16.3. The molecule has 1 aliphatic rings. The molecular formula is C27H26N4O4. The average molecular weight is 471 g/mol. The lowest BCUT2D eigenvalue weighted by atomic mass is 10.0. The van der Waals surface area contributed by atoms with Crippen LogP contribution in [0.4, 0.5) is 11.4 Å². The average Bonchev–Trinajstić information content (AvgIpc) is 3.12. The topological polar surface area (TPSA) is 111 Å². The van der Waals surface area contributed by atoms with Crippen LogP contribution in [0.15, 0.2) is 90.3 Å². The van der Waals surface area contributed by atoms with Gasteiger partial charge in [-0.3, -0.25) is 14.4 Å². The van der Waals surface area contributed by atoms with E-state index in [4.69, 9.17) is 0 Å². The molecule has 3 amide bonds. The molecule has 0 bridgehead atoms. The molecule has 8 heteroatoms. The van der Waals surface area contributed by atoms with E-state index < -0.39 is 17.7 Å². The Morgan fingerprint density at radius 1 is 0.886 bits per heavy atom. The van der Waals surface area contributed by atoms with Crippen LogP contribution in [0.3, 0.4) is 0 Å². The number of carbonyl (C=O) groups excluding carboxylic acids is 3. The van der Waals surface area contributed by atoms with Gasteiger partial charge in [-0.15, -0.1) is 0 Å². The molecule has 0 aromatic heterocycles. The smallest absolute Gasteiger partial charge is 0.284 e. The summed E-state index contributed by atoms with van der Waals surface area (Å²) in [6.45, 7) is 1.98. The summed E-state index contributed by atoms with van der Waals surface area (Å²) >= 11 is 0. The molecule has 1 atom stereocenters. The van der Waals surface area contributed by atoms with E-state index >= 15 is 0 Å². The first kappa shape index (κ1) is 23.6. The molecule has 0 radical (unpaired) electrons. The van der Waals surface area contributed by atoms with Crippen molar-refractivity contribution < 1.29 is 19.5 Å². The Kier molecular flexibility index (Phi) is 6.82. The van der Waals surface area contributed by atoms with Crippen molar-refractivity contribution in [2.24, 2.45) is 0 Å². The summed E-state index contributed by atoms with van der Waals surface area (Å²) in [5.41, 5.74) is 1.63. The van der Waals surface area contributed by atoms with Crippen LogP contribution >= 0.6 is 0 Å². The monoisotopic (exact) mass is 470 g/mol. The number of imide groups is 1. The molecule has 1 aliphatic heterocycles. The maximum absolute atomic E-state index is 13.5. The van der Waals surface area contributed by atoms with Gasteiger partial charge in [-0.25, -0.2) is 4.90 Å². The van der Waals surface area contributed by atoms with Crippen LogP contribution in [-0.4, -0.2) is 29.9 Å². The lowest BCUT2D eigenvalue weighted by molar-refractivity contribution is -0.120. The number of phenolic OH excluding ortho intramolecular Hbond substituents is 1. The van der Waals surface area contributed by atoms with E-state index in [1.54, 1.807) is 36.4 Å². The van der Waals surface area contributed by atoms with E-state index in [1.807, 2.05) is 37.3 Å². The molecule has 0 saturated carbocycles. The van der Waals surface area contributed by atoms with Crippen molar-refractivity contribution in [1.82, 2.24) is 10.6 Å². The number of aromatic hydroxyl groups is 1. The fraction of sp³-hybridized carbons (Fsp3) is 0.148. The lowest BCUT2D eigenvalue weighted by Gasteiger charge is -2.20. The number of nitrogens with one attached hydrogen (secondary N) is 3. The second-order valence-electron chi connectivity index (χ2n) is 7.95. The minimum Gasteiger partial charge on any atom is -0.505 e. The lowest BCUT2D eigenvalue weighted by Crippen LogP contribution is -2.34. The molecule has 0 fully saturated rings. The van der Waals surface area contributed by atoms with Crippen LogP contribution in [0.1, 0.15) is 35.3 Å². The number of carbonyl (C=O) groups is 3. The van der Waals surface area contributed by atoms with Gasteiger partial charge >= 0.3 is 0 Å². The van der Waals surface area contributed by atoms with Crippen molar-refractivity contribution in [2.45, 2.75) is 19.4 Å². The molecule has 8 nitrogen and oxygen atoms in total. The van der Waals surface area contributed by atoms with Gasteiger partial charge < -0.3 is 21.1 Å². The van der Waals surface area contributed by atoms with E-state index in [-0.39, 0.29) is 34.4 Å². The van der Waals surface area contributed by atoms with E-state index in [0.717, 1.165) is 10.5 Å². The third-order valence-corrected chi connectivity index (χ3v) is 5.79. The van der Waals surface area contributed by atoms with E-state index in [1.165, 1.54) is 19.2 Å². The molecule has 0 aliphatic carbocycles. The SMILES string of the molecule is CC[C@@H](NC1=C(Nc2cccc(C(=O)NC)c2O)C(=O)N(c2ccccc2)C1=O)c1ccccc1. The summed E-state index contributed by atoms with van der Waals surface area (Å²) < 4.78 is 0. The largest absolute Gasteiger partial charge is 0.505 e. The first-order valence-electron chi connectivity index (χ1n) is 11.3. The van der Waals surface area contributed by atoms with Gasteiger partial charge in [0.25, 0.3) is 17.7 Å². The molecular weight excluding hydrogens is 444 g/mol. The summed E-state index contributed by atoms with van der Waals surface area (Å²) in [5, 5.41) is 19.3. The number of rotatable bonds is 8. The first-order valence-corrected chi connectivity index (χ1v) is 11.3. The van der Waals surface area contributed by atoms with Gasteiger partial charge in [-0.2, -0.15) is 0 Å². The maximum atomic E-state index is 13.5. The van der Waals surface area contributed by atoms with Crippen molar-refractivity contribution in [3.05, 3.63) is 101 Å². The normalized spacial score (nSPS) is 14.2. The predicted molar refractivity (Wildman–Crippen MR) is 134 cm³/mol. The Bertz CT molecular complexity index is 1290. The number of nitrogens with zero attached hydrogens (tertiary/aromatic N) is 1. The molecule has 3 aromatic rings. The maximum Gasteiger partial charge on any atom is 0.284 e. The van der Waals surface area contributed by atoms with Crippen LogP contribution < -0.4 is 20.9 Å². The first-order chi connectivity index (χ1) is 17.0. The van der Waals surface area contributed by atoms with Gasteiger partial charge in [0, 0.05) is 7.05 Å². The highest BCUT2D eigenvalue weighted by Crippen LogP contribution is 2.33. The van der Waals surface area contributed by atoms with Crippen LogP contribution in [0.25, 0.3) is 0 Å². The zero-order chi connectivity index (χ0) is 24.9. The van der Waals surface area contributed by atoms with Crippen molar-refractivity contribution in [2.75, 3.05) is 17.3 Å². The summed E-state index contributed by atoms with van der Waals surface area (Å²) in [6, 6.07) is 22.6. The minimum absolute atomic E-state index is 0.0161. The second kappa shape index (κ2) is 10.1. The fourth-order valence-electron chi connectivity index (χ4n) is 3.97. The number of hydrogen-bond acceptors (Lipinski definition) is 6. The molecule has 1 heterocycles. The zero-order valence-electron chi connectivity index (χ0n) is 19.4. The van der Waals surface area contributed by atoms with Crippen LogP contribution in [0.5, 0.6) is 5.75 Å². The predicted octanol–water partition coefficient (Wildman–Crippen LogP) is 3.69. The van der Waals surface area contributed by atoms with Crippen LogP contribution in [-0.2, 0) is 9.59 Å². The number of hydrogen-bond donors (Lipinski definition) is 4.